The number of carbonyl (C=O) groups excluding carboxylic acids is 1. The average molecular weight is 459 g/mol. The third-order valence-corrected chi connectivity index (χ3v) is 6.51. The van der Waals surface area contributed by atoms with E-state index in [-0.39, 0.29) is 5.91 Å². The number of thiazole rings is 1. The summed E-state index contributed by atoms with van der Waals surface area (Å²) in [6, 6.07) is 19.3. The fourth-order valence-corrected chi connectivity index (χ4v) is 4.77. The number of anilines is 1. The Morgan fingerprint density at radius 2 is 1.85 bits per heavy atom. The molecule has 8 heteroatoms. The number of methoxy groups -OCH3 is 2. The number of rotatable bonds is 7. The smallest absolute Gasteiger partial charge is 0.263 e. The summed E-state index contributed by atoms with van der Waals surface area (Å²) in [5.41, 5.74) is 1.31. The largest absolute Gasteiger partial charge is 0.497 e. The first-order valence-electron chi connectivity index (χ1n) is 10.5. The second kappa shape index (κ2) is 8.91. The minimum absolute atomic E-state index is 0.171. The zero-order valence-electron chi connectivity index (χ0n) is 18.3. The van der Waals surface area contributed by atoms with Crippen LogP contribution in [0.1, 0.15) is 10.4 Å². The molecule has 5 aromatic rings. The molecule has 0 saturated heterocycles. The molecule has 2 aromatic heterocycles. The molecule has 2 heterocycles. The van der Waals surface area contributed by atoms with Gasteiger partial charge in [-0.05, 0) is 47.2 Å². The molecule has 0 unspecified atom stereocenters. The van der Waals surface area contributed by atoms with Gasteiger partial charge in [0.05, 0.1) is 36.5 Å². The van der Waals surface area contributed by atoms with Crippen LogP contribution in [0, 0.1) is 0 Å². The van der Waals surface area contributed by atoms with Gasteiger partial charge in [-0.25, -0.2) is 4.98 Å². The van der Waals surface area contributed by atoms with E-state index in [0.717, 1.165) is 26.7 Å². The molecule has 5 rings (SSSR count). The number of fused-ring (bicyclic) bond motifs is 2. The van der Waals surface area contributed by atoms with Crippen LogP contribution in [0.25, 0.3) is 21.0 Å². The number of ether oxygens (including phenoxy) is 2. The van der Waals surface area contributed by atoms with Gasteiger partial charge in [-0.15, -0.1) is 0 Å². The fraction of sp³-hybridized carbons (Fsp3) is 0.160. The lowest BCUT2D eigenvalue weighted by atomic mass is 10.0. The molecule has 166 valence electrons. The van der Waals surface area contributed by atoms with Crippen molar-refractivity contribution in [1.29, 1.82) is 0 Å². The van der Waals surface area contributed by atoms with Crippen molar-refractivity contribution in [3.8, 4) is 11.5 Å². The highest BCUT2D eigenvalue weighted by atomic mass is 32.1. The van der Waals surface area contributed by atoms with E-state index in [4.69, 9.17) is 14.5 Å². The Labute approximate surface area is 194 Å². The third kappa shape index (κ3) is 4.12. The maximum atomic E-state index is 13.9. The van der Waals surface area contributed by atoms with Gasteiger partial charge in [0.1, 0.15) is 11.5 Å². The summed E-state index contributed by atoms with van der Waals surface area (Å²) in [6.45, 7) is 0.946. The van der Waals surface area contributed by atoms with Crippen LogP contribution in [0.3, 0.4) is 0 Å². The van der Waals surface area contributed by atoms with Crippen molar-refractivity contribution in [2.75, 3.05) is 25.7 Å². The van der Waals surface area contributed by atoms with Crippen LogP contribution in [-0.2, 0) is 6.54 Å². The molecule has 7 nitrogen and oxygen atoms in total. The number of hydrogen-bond donors (Lipinski definition) is 0. The highest BCUT2D eigenvalue weighted by Gasteiger charge is 2.25. The molecule has 0 N–H and O–H groups in total. The lowest BCUT2D eigenvalue weighted by molar-refractivity contribution is 0.0983. The van der Waals surface area contributed by atoms with Gasteiger partial charge in [0, 0.05) is 18.9 Å². The number of carbonyl (C=O) groups is 1. The Morgan fingerprint density at radius 3 is 2.58 bits per heavy atom. The van der Waals surface area contributed by atoms with Crippen molar-refractivity contribution >= 4 is 43.4 Å². The Morgan fingerprint density at radius 1 is 1.03 bits per heavy atom. The average Bonchev–Trinajstić information content (AvgIpc) is 3.52. The fourth-order valence-electron chi connectivity index (χ4n) is 3.76. The van der Waals surface area contributed by atoms with E-state index in [2.05, 4.69) is 5.10 Å². The molecule has 0 atom stereocenters. The summed E-state index contributed by atoms with van der Waals surface area (Å²) in [5, 5.41) is 6.88. The summed E-state index contributed by atoms with van der Waals surface area (Å²) in [6.07, 6.45) is 3.60. The predicted octanol–water partition coefficient (Wildman–Crippen LogP) is 5.01. The van der Waals surface area contributed by atoms with Gasteiger partial charge in [0.15, 0.2) is 5.13 Å². The van der Waals surface area contributed by atoms with Crippen LogP contribution in [0.4, 0.5) is 5.13 Å². The van der Waals surface area contributed by atoms with Crippen molar-refractivity contribution < 1.29 is 14.3 Å². The van der Waals surface area contributed by atoms with Gasteiger partial charge in [-0.1, -0.05) is 35.6 Å². The molecule has 0 bridgehead atoms. The Kier molecular flexibility index (Phi) is 5.66. The predicted molar refractivity (Wildman–Crippen MR) is 131 cm³/mol. The third-order valence-electron chi connectivity index (χ3n) is 5.47. The van der Waals surface area contributed by atoms with Crippen molar-refractivity contribution in [3.05, 3.63) is 78.6 Å². The first kappa shape index (κ1) is 21.0. The Bertz CT molecular complexity index is 1430. The topological polar surface area (TPSA) is 69.5 Å². The molecule has 33 heavy (non-hydrogen) atoms. The number of nitrogens with zero attached hydrogens (tertiary/aromatic N) is 4. The summed E-state index contributed by atoms with van der Waals surface area (Å²) in [7, 11) is 3.22. The quantitative estimate of drug-likeness (QED) is 0.343. The molecule has 0 radical (unpaired) electrons. The van der Waals surface area contributed by atoms with E-state index in [0.29, 0.717) is 29.5 Å². The van der Waals surface area contributed by atoms with E-state index < -0.39 is 0 Å². The highest BCUT2D eigenvalue weighted by molar-refractivity contribution is 7.22. The molecule has 0 aliphatic rings. The zero-order chi connectivity index (χ0) is 22.8. The summed E-state index contributed by atoms with van der Waals surface area (Å²) in [4.78, 5) is 20.3. The number of benzene rings is 3. The molecule has 0 aliphatic carbocycles. The van der Waals surface area contributed by atoms with Crippen molar-refractivity contribution in [2.45, 2.75) is 6.54 Å². The molecule has 3 aromatic carbocycles. The van der Waals surface area contributed by atoms with Crippen LogP contribution in [-0.4, -0.2) is 41.4 Å². The van der Waals surface area contributed by atoms with Crippen LogP contribution in [0.2, 0.25) is 0 Å². The first-order chi connectivity index (χ1) is 16.2. The van der Waals surface area contributed by atoms with Crippen molar-refractivity contribution in [2.24, 2.45) is 0 Å². The minimum Gasteiger partial charge on any atom is -0.497 e. The van der Waals surface area contributed by atoms with E-state index in [1.54, 1.807) is 30.0 Å². The maximum Gasteiger partial charge on any atom is 0.263 e. The Hall–Kier alpha value is -3.91. The second-order valence-electron chi connectivity index (χ2n) is 7.46. The summed E-state index contributed by atoms with van der Waals surface area (Å²) >= 11 is 1.46. The van der Waals surface area contributed by atoms with Crippen LogP contribution in [0.5, 0.6) is 11.5 Å². The molecule has 0 aliphatic heterocycles. The van der Waals surface area contributed by atoms with Crippen molar-refractivity contribution in [1.82, 2.24) is 14.8 Å². The monoisotopic (exact) mass is 458 g/mol. The molecule has 0 fully saturated rings. The molecule has 0 spiro atoms. The molecule has 1 amide bonds. The SMILES string of the molecule is COc1ccc2nc(N(CCn3cccn3)C(=O)c3cc4ccccc4cc3OC)sc2c1. The van der Waals surface area contributed by atoms with Crippen LogP contribution in [0.15, 0.2) is 73.1 Å². The van der Waals surface area contributed by atoms with Crippen LogP contribution >= 0.6 is 11.3 Å². The number of hydrogen-bond acceptors (Lipinski definition) is 6. The Balaban J connectivity index is 1.58. The zero-order valence-corrected chi connectivity index (χ0v) is 19.1. The number of amides is 1. The van der Waals surface area contributed by atoms with Gasteiger partial charge in [-0.2, -0.15) is 5.10 Å². The van der Waals surface area contributed by atoms with Gasteiger partial charge >= 0.3 is 0 Å². The minimum atomic E-state index is -0.171. The van der Waals surface area contributed by atoms with Gasteiger partial charge < -0.3 is 9.47 Å². The normalized spacial score (nSPS) is 11.1. The first-order valence-corrected chi connectivity index (χ1v) is 11.3. The van der Waals surface area contributed by atoms with Gasteiger partial charge in [0.2, 0.25) is 0 Å². The summed E-state index contributed by atoms with van der Waals surface area (Å²) < 4.78 is 13.7. The lowest BCUT2D eigenvalue weighted by Gasteiger charge is -2.21. The van der Waals surface area contributed by atoms with E-state index in [1.807, 2.05) is 66.9 Å². The second-order valence-corrected chi connectivity index (χ2v) is 8.46. The van der Waals surface area contributed by atoms with E-state index in [9.17, 15) is 4.79 Å². The summed E-state index contributed by atoms with van der Waals surface area (Å²) in [5.74, 6) is 1.12. The van der Waals surface area contributed by atoms with Crippen LogP contribution < -0.4 is 14.4 Å². The van der Waals surface area contributed by atoms with Gasteiger partial charge in [-0.3, -0.25) is 14.4 Å². The van der Waals surface area contributed by atoms with Gasteiger partial charge in [0.25, 0.3) is 5.91 Å². The highest BCUT2D eigenvalue weighted by Crippen LogP contribution is 2.34. The number of aromatic nitrogens is 3. The van der Waals surface area contributed by atoms with E-state index in [1.165, 1.54) is 11.3 Å². The molecular weight excluding hydrogens is 436 g/mol. The molecular formula is C25H22N4O3S. The van der Waals surface area contributed by atoms with E-state index >= 15 is 0 Å². The lowest BCUT2D eigenvalue weighted by Crippen LogP contribution is -2.34. The maximum absolute atomic E-state index is 13.9. The van der Waals surface area contributed by atoms with Crippen molar-refractivity contribution in [3.63, 3.8) is 0 Å². The standard InChI is InChI=1S/C25H22N4O3S/c1-31-19-8-9-21-23(16-19)33-25(27-21)29(13-12-28-11-5-10-26-28)24(30)20-14-17-6-3-4-7-18(17)15-22(20)32-2/h3-11,14-16H,12-13H2,1-2H3. The molecule has 0 saturated carbocycles.